The number of amides is 4. The van der Waals surface area contributed by atoms with Crippen molar-refractivity contribution in [2.24, 2.45) is 5.92 Å². The maximum absolute atomic E-state index is 13.0. The molecule has 0 saturated heterocycles. The van der Waals surface area contributed by atoms with Gasteiger partial charge < -0.3 is 35.5 Å². The molecule has 0 aliphatic heterocycles. The molecular formula is C26H40N4O8. The molecule has 0 fully saturated rings. The molecule has 1 unspecified atom stereocenters. The lowest BCUT2D eigenvalue weighted by Gasteiger charge is -2.23. The Balaban J connectivity index is 2.75. The smallest absolute Gasteiger partial charge is 0.315 e. The van der Waals surface area contributed by atoms with Crippen molar-refractivity contribution in [2.75, 3.05) is 27.4 Å². The third-order valence-corrected chi connectivity index (χ3v) is 5.38. The average Bonchev–Trinajstić information content (AvgIpc) is 2.88. The molecule has 1 aromatic carbocycles. The second-order valence-electron chi connectivity index (χ2n) is 8.87. The molecule has 0 saturated carbocycles. The van der Waals surface area contributed by atoms with Crippen LogP contribution in [0.15, 0.2) is 18.2 Å². The van der Waals surface area contributed by atoms with E-state index in [4.69, 9.17) is 14.2 Å². The second-order valence-corrected chi connectivity index (χ2v) is 8.87. The van der Waals surface area contributed by atoms with Gasteiger partial charge >= 0.3 is 12.0 Å². The fraction of sp³-hybridized carbons (Fsp3) is 0.577. The van der Waals surface area contributed by atoms with Crippen LogP contribution in [0.3, 0.4) is 0 Å². The topological polar surface area (TPSA) is 161 Å². The van der Waals surface area contributed by atoms with Gasteiger partial charge in [-0.2, -0.15) is 0 Å². The minimum Gasteiger partial charge on any atom is -0.497 e. The first-order valence-electron chi connectivity index (χ1n) is 12.6. The molecule has 0 spiro atoms. The van der Waals surface area contributed by atoms with Crippen LogP contribution in [0, 0.1) is 5.92 Å². The molecular weight excluding hydrogens is 496 g/mol. The fourth-order valence-electron chi connectivity index (χ4n) is 3.44. The van der Waals surface area contributed by atoms with Crippen LogP contribution >= 0.6 is 0 Å². The molecule has 212 valence electrons. The predicted octanol–water partition coefficient (Wildman–Crippen LogP) is 1.45. The normalized spacial score (nSPS) is 12.1. The quantitative estimate of drug-likeness (QED) is 0.182. The molecule has 4 amide bonds. The van der Waals surface area contributed by atoms with E-state index < -0.39 is 41.7 Å². The molecule has 12 nitrogen and oxygen atoms in total. The van der Waals surface area contributed by atoms with E-state index in [2.05, 4.69) is 21.3 Å². The van der Waals surface area contributed by atoms with Gasteiger partial charge in [-0.05, 0) is 43.4 Å². The molecule has 1 aromatic rings. The van der Waals surface area contributed by atoms with Crippen molar-refractivity contribution >= 4 is 29.6 Å². The first kappa shape index (κ1) is 32.2. The molecule has 0 bridgehead atoms. The van der Waals surface area contributed by atoms with Crippen LogP contribution < -0.4 is 30.7 Å². The van der Waals surface area contributed by atoms with E-state index in [1.807, 2.05) is 13.8 Å². The Morgan fingerprint density at radius 1 is 0.868 bits per heavy atom. The minimum atomic E-state index is -1.08. The van der Waals surface area contributed by atoms with Gasteiger partial charge in [-0.15, -0.1) is 0 Å². The Labute approximate surface area is 223 Å². The van der Waals surface area contributed by atoms with Crippen molar-refractivity contribution in [3.05, 3.63) is 23.8 Å². The number of ketones is 1. The van der Waals surface area contributed by atoms with Crippen molar-refractivity contribution in [2.45, 2.75) is 65.6 Å². The van der Waals surface area contributed by atoms with Crippen molar-refractivity contribution in [1.29, 1.82) is 0 Å². The van der Waals surface area contributed by atoms with Crippen molar-refractivity contribution < 1.29 is 38.2 Å². The fourth-order valence-corrected chi connectivity index (χ4v) is 3.44. The molecule has 1 rings (SSSR count). The van der Waals surface area contributed by atoms with E-state index in [-0.39, 0.29) is 38.5 Å². The van der Waals surface area contributed by atoms with E-state index in [1.54, 1.807) is 32.0 Å². The van der Waals surface area contributed by atoms with Crippen LogP contribution in [-0.4, -0.2) is 69.1 Å². The molecule has 38 heavy (non-hydrogen) atoms. The third-order valence-electron chi connectivity index (χ3n) is 5.38. The Bertz CT molecular complexity index is 944. The lowest BCUT2D eigenvalue weighted by atomic mass is 10.0. The number of methoxy groups -OCH3 is 2. The van der Waals surface area contributed by atoms with E-state index in [0.29, 0.717) is 23.5 Å². The molecule has 0 heterocycles. The molecule has 2 atom stereocenters. The maximum Gasteiger partial charge on any atom is 0.315 e. The van der Waals surface area contributed by atoms with Crippen LogP contribution in [0.2, 0.25) is 0 Å². The number of benzene rings is 1. The summed E-state index contributed by atoms with van der Waals surface area (Å²) in [5, 5.41) is 10.2. The zero-order valence-corrected chi connectivity index (χ0v) is 23.0. The summed E-state index contributed by atoms with van der Waals surface area (Å²) in [7, 11) is 3.01. The minimum absolute atomic E-state index is 0.00757. The van der Waals surface area contributed by atoms with Gasteiger partial charge in [-0.1, -0.05) is 20.8 Å². The number of hydrogen-bond donors (Lipinski definition) is 4. The Hall–Kier alpha value is -3.83. The second kappa shape index (κ2) is 16.8. The van der Waals surface area contributed by atoms with Crippen LogP contribution in [0.5, 0.6) is 11.5 Å². The Morgan fingerprint density at radius 3 is 2.03 bits per heavy atom. The first-order valence-corrected chi connectivity index (χ1v) is 12.6. The SMILES string of the molecule is CCOC(=O)CCNC(=O)N[C@@H](CC(C)C)C(=O)NC(CC)C(=O)C(=O)NCc1cc(OC)cc(OC)c1. The van der Waals surface area contributed by atoms with Crippen LogP contribution in [0.25, 0.3) is 0 Å². The summed E-state index contributed by atoms with van der Waals surface area (Å²) in [6, 6.07) is 2.42. The Morgan fingerprint density at radius 2 is 1.50 bits per heavy atom. The molecule has 12 heteroatoms. The highest BCUT2D eigenvalue weighted by atomic mass is 16.5. The number of esters is 1. The molecule has 4 N–H and O–H groups in total. The van der Waals surface area contributed by atoms with Gasteiger partial charge in [0, 0.05) is 19.2 Å². The maximum atomic E-state index is 13.0. The van der Waals surface area contributed by atoms with Gasteiger partial charge in [0.05, 0.1) is 33.3 Å². The summed E-state index contributed by atoms with van der Waals surface area (Å²) < 4.78 is 15.2. The van der Waals surface area contributed by atoms with E-state index >= 15 is 0 Å². The monoisotopic (exact) mass is 536 g/mol. The number of carbonyl (C=O) groups is 5. The largest absolute Gasteiger partial charge is 0.497 e. The lowest BCUT2D eigenvalue weighted by Crippen LogP contribution is -2.55. The summed E-state index contributed by atoms with van der Waals surface area (Å²) in [6.45, 7) is 7.43. The van der Waals surface area contributed by atoms with Gasteiger partial charge in [0.1, 0.15) is 17.5 Å². The summed E-state index contributed by atoms with van der Waals surface area (Å²) in [5.41, 5.74) is 0.662. The number of rotatable bonds is 16. The number of hydrogen-bond acceptors (Lipinski definition) is 8. The van der Waals surface area contributed by atoms with E-state index in [9.17, 15) is 24.0 Å². The number of ether oxygens (including phenoxy) is 3. The number of Topliss-reactive ketones (excluding diaryl/α,β-unsaturated/α-hetero) is 1. The molecule has 0 aliphatic carbocycles. The highest BCUT2D eigenvalue weighted by Crippen LogP contribution is 2.22. The van der Waals surface area contributed by atoms with Crippen LogP contribution in [0.1, 0.15) is 52.5 Å². The van der Waals surface area contributed by atoms with Gasteiger partial charge in [-0.3, -0.25) is 19.2 Å². The van der Waals surface area contributed by atoms with E-state index in [1.165, 1.54) is 14.2 Å². The van der Waals surface area contributed by atoms with Crippen molar-refractivity contribution in [3.63, 3.8) is 0 Å². The zero-order valence-electron chi connectivity index (χ0n) is 23.0. The number of nitrogens with one attached hydrogen (secondary N) is 4. The number of urea groups is 1. The van der Waals surface area contributed by atoms with E-state index in [0.717, 1.165) is 0 Å². The first-order chi connectivity index (χ1) is 18.0. The summed E-state index contributed by atoms with van der Waals surface area (Å²) in [6.07, 6.45) is 0.461. The third kappa shape index (κ3) is 11.5. The molecule has 0 aromatic heterocycles. The summed E-state index contributed by atoms with van der Waals surface area (Å²) >= 11 is 0. The van der Waals surface area contributed by atoms with Gasteiger partial charge in [-0.25, -0.2) is 4.79 Å². The highest BCUT2D eigenvalue weighted by molar-refractivity contribution is 6.38. The highest BCUT2D eigenvalue weighted by Gasteiger charge is 2.29. The Kier molecular flexibility index (Phi) is 14.3. The zero-order chi connectivity index (χ0) is 28.7. The lowest BCUT2D eigenvalue weighted by molar-refractivity contribution is -0.143. The molecule has 0 radical (unpaired) electrons. The van der Waals surface area contributed by atoms with Crippen molar-refractivity contribution in [3.8, 4) is 11.5 Å². The average molecular weight is 537 g/mol. The predicted molar refractivity (Wildman–Crippen MR) is 140 cm³/mol. The van der Waals surface area contributed by atoms with Gasteiger partial charge in [0.2, 0.25) is 11.7 Å². The molecule has 0 aliphatic rings. The van der Waals surface area contributed by atoms with Gasteiger partial charge in [0.25, 0.3) is 5.91 Å². The van der Waals surface area contributed by atoms with Gasteiger partial charge in [0.15, 0.2) is 0 Å². The summed E-state index contributed by atoms with van der Waals surface area (Å²) in [4.78, 5) is 62.0. The van der Waals surface area contributed by atoms with Crippen LogP contribution in [0.4, 0.5) is 4.79 Å². The van der Waals surface area contributed by atoms with Crippen LogP contribution in [-0.2, 0) is 30.5 Å². The number of carbonyl (C=O) groups excluding carboxylic acids is 5. The summed E-state index contributed by atoms with van der Waals surface area (Å²) in [5.74, 6) is -1.59. The van der Waals surface area contributed by atoms with Crippen molar-refractivity contribution in [1.82, 2.24) is 21.3 Å². The standard InChI is InChI=1S/C26H40N4O8/c1-7-20(23(32)25(34)28-15-17-12-18(36-5)14-19(13-17)37-6)29-24(33)21(11-16(3)4)30-26(35)27-10-9-22(31)38-8-2/h12-14,16,20-21H,7-11,15H2,1-6H3,(H,28,34)(H,29,33)(H2,27,30,35)/t20?,21-/m0/s1.